The Morgan fingerprint density at radius 1 is 1.30 bits per heavy atom. The predicted molar refractivity (Wildman–Crippen MR) is 84.6 cm³/mol. The molecule has 1 aromatic carbocycles. The number of rotatable bonds is 3. The van der Waals surface area contributed by atoms with Crippen LogP contribution in [-0.2, 0) is 4.79 Å². The van der Waals surface area contributed by atoms with Gasteiger partial charge in [-0.15, -0.1) is 23.4 Å². The maximum Gasteiger partial charge on any atom is 0.228 e. The smallest absolute Gasteiger partial charge is 0.228 e. The molecule has 1 amide bonds. The van der Waals surface area contributed by atoms with Gasteiger partial charge in [0.2, 0.25) is 5.91 Å². The lowest BCUT2D eigenvalue weighted by atomic mass is 9.82. The average Bonchev–Trinajstić information content (AvgIpc) is 2.92. The third-order valence-electron chi connectivity index (χ3n) is 4.47. The second kappa shape index (κ2) is 5.98. The Morgan fingerprint density at radius 2 is 2.05 bits per heavy atom. The largest absolute Gasteiger partial charge is 0.349 e. The maximum absolute atomic E-state index is 12.7. The molecule has 0 bridgehead atoms. The van der Waals surface area contributed by atoms with Gasteiger partial charge in [0, 0.05) is 16.5 Å². The number of nitrogens with one attached hydrogen (secondary N) is 1. The second-order valence-corrected chi connectivity index (χ2v) is 7.19. The molecule has 1 aliphatic heterocycles. The van der Waals surface area contributed by atoms with E-state index in [0.29, 0.717) is 5.88 Å². The number of amides is 1. The molecular formula is C16H20ClNOS. The fourth-order valence-corrected chi connectivity index (χ4v) is 4.81. The number of alkyl halides is 1. The molecule has 4 heteroatoms. The summed E-state index contributed by atoms with van der Waals surface area (Å²) in [7, 11) is 0. The van der Waals surface area contributed by atoms with Crippen molar-refractivity contribution in [1.82, 2.24) is 5.32 Å². The zero-order valence-corrected chi connectivity index (χ0v) is 13.1. The van der Waals surface area contributed by atoms with E-state index in [9.17, 15) is 4.79 Å². The summed E-state index contributed by atoms with van der Waals surface area (Å²) in [6, 6.07) is 8.23. The zero-order chi connectivity index (χ0) is 14.0. The van der Waals surface area contributed by atoms with E-state index >= 15 is 0 Å². The quantitative estimate of drug-likeness (QED) is 0.857. The van der Waals surface area contributed by atoms with Crippen LogP contribution in [0.1, 0.15) is 43.6 Å². The van der Waals surface area contributed by atoms with Crippen LogP contribution in [0.4, 0.5) is 0 Å². The fourth-order valence-electron chi connectivity index (χ4n) is 3.25. The van der Waals surface area contributed by atoms with Gasteiger partial charge in [0.25, 0.3) is 0 Å². The SMILES string of the molecule is O=C(NC1(CCl)CCCCC1)C1CSc2ccccc21. The van der Waals surface area contributed by atoms with Crippen molar-refractivity contribution >= 4 is 29.3 Å². The number of hydrogen-bond acceptors (Lipinski definition) is 2. The van der Waals surface area contributed by atoms with Gasteiger partial charge in [-0.1, -0.05) is 37.5 Å². The van der Waals surface area contributed by atoms with Crippen LogP contribution in [0.25, 0.3) is 0 Å². The van der Waals surface area contributed by atoms with Crippen LogP contribution in [0.2, 0.25) is 0 Å². The summed E-state index contributed by atoms with van der Waals surface area (Å²) in [6.07, 6.45) is 5.64. The van der Waals surface area contributed by atoms with Crippen LogP contribution < -0.4 is 5.32 Å². The third-order valence-corrected chi connectivity index (χ3v) is 6.17. The standard InChI is InChI=1S/C16H20ClNOS/c17-11-16(8-4-1-5-9-16)18-15(19)13-10-20-14-7-3-2-6-12(13)14/h2-3,6-7,13H,1,4-5,8-11H2,(H,18,19). The van der Waals surface area contributed by atoms with Gasteiger partial charge in [-0.25, -0.2) is 0 Å². The molecule has 1 aliphatic carbocycles. The van der Waals surface area contributed by atoms with Crippen molar-refractivity contribution < 1.29 is 4.79 Å². The molecule has 1 heterocycles. The Kier molecular flexibility index (Phi) is 4.27. The van der Waals surface area contributed by atoms with Crippen molar-refractivity contribution in [3.8, 4) is 0 Å². The predicted octanol–water partition coefficient (Wildman–Crippen LogP) is 3.93. The average molecular weight is 310 g/mol. The molecule has 1 atom stereocenters. The van der Waals surface area contributed by atoms with E-state index in [4.69, 9.17) is 11.6 Å². The van der Waals surface area contributed by atoms with E-state index in [-0.39, 0.29) is 17.4 Å². The van der Waals surface area contributed by atoms with Crippen molar-refractivity contribution in [2.24, 2.45) is 0 Å². The maximum atomic E-state index is 12.7. The molecular weight excluding hydrogens is 290 g/mol. The van der Waals surface area contributed by atoms with Gasteiger partial charge in [-0.2, -0.15) is 0 Å². The van der Waals surface area contributed by atoms with E-state index in [0.717, 1.165) is 18.6 Å². The van der Waals surface area contributed by atoms with Crippen LogP contribution in [0.5, 0.6) is 0 Å². The minimum Gasteiger partial charge on any atom is -0.349 e. The van der Waals surface area contributed by atoms with Crippen LogP contribution >= 0.6 is 23.4 Å². The minimum absolute atomic E-state index is 0.0155. The minimum atomic E-state index is -0.168. The van der Waals surface area contributed by atoms with E-state index < -0.39 is 0 Å². The molecule has 108 valence electrons. The molecule has 1 saturated carbocycles. The van der Waals surface area contributed by atoms with Crippen LogP contribution in [0.15, 0.2) is 29.2 Å². The molecule has 0 aromatic heterocycles. The molecule has 0 saturated heterocycles. The molecule has 0 radical (unpaired) electrons. The zero-order valence-electron chi connectivity index (χ0n) is 11.5. The monoisotopic (exact) mass is 309 g/mol. The van der Waals surface area contributed by atoms with E-state index in [1.807, 2.05) is 12.1 Å². The number of carbonyl (C=O) groups is 1. The van der Waals surface area contributed by atoms with E-state index in [1.165, 1.54) is 29.7 Å². The highest BCUT2D eigenvalue weighted by atomic mass is 35.5. The topological polar surface area (TPSA) is 29.1 Å². The van der Waals surface area contributed by atoms with E-state index in [1.54, 1.807) is 11.8 Å². The highest BCUT2D eigenvalue weighted by molar-refractivity contribution is 7.99. The Labute approximate surface area is 129 Å². The first-order valence-corrected chi connectivity index (χ1v) is 8.86. The van der Waals surface area contributed by atoms with Crippen molar-refractivity contribution in [2.75, 3.05) is 11.6 Å². The third kappa shape index (κ3) is 2.71. The number of hydrogen-bond donors (Lipinski definition) is 1. The number of carbonyl (C=O) groups excluding carboxylic acids is 1. The molecule has 0 spiro atoms. The van der Waals surface area contributed by atoms with Gasteiger partial charge < -0.3 is 5.32 Å². The highest BCUT2D eigenvalue weighted by Crippen LogP contribution is 2.40. The lowest BCUT2D eigenvalue weighted by Crippen LogP contribution is -2.52. The summed E-state index contributed by atoms with van der Waals surface area (Å²) in [4.78, 5) is 13.9. The summed E-state index contributed by atoms with van der Waals surface area (Å²) >= 11 is 7.95. The number of halogens is 1. The van der Waals surface area contributed by atoms with Crippen molar-refractivity contribution in [3.63, 3.8) is 0 Å². The Balaban J connectivity index is 1.74. The van der Waals surface area contributed by atoms with Crippen LogP contribution in [0.3, 0.4) is 0 Å². The molecule has 1 N–H and O–H groups in total. The lowest BCUT2D eigenvalue weighted by molar-refractivity contribution is -0.124. The van der Waals surface area contributed by atoms with Crippen molar-refractivity contribution in [3.05, 3.63) is 29.8 Å². The Morgan fingerprint density at radius 3 is 2.80 bits per heavy atom. The summed E-state index contributed by atoms with van der Waals surface area (Å²) in [5.41, 5.74) is 1.01. The molecule has 1 aromatic rings. The number of benzene rings is 1. The second-order valence-electron chi connectivity index (χ2n) is 5.87. The van der Waals surface area contributed by atoms with Gasteiger partial charge in [-0.05, 0) is 24.5 Å². The normalized spacial score (nSPS) is 24.1. The first-order valence-electron chi connectivity index (χ1n) is 7.34. The molecule has 3 rings (SSSR count). The molecule has 1 unspecified atom stereocenters. The first-order chi connectivity index (χ1) is 9.74. The summed E-state index contributed by atoms with van der Waals surface area (Å²) in [6.45, 7) is 0. The van der Waals surface area contributed by atoms with Gasteiger partial charge in [0.1, 0.15) is 0 Å². The molecule has 2 aliphatic rings. The van der Waals surface area contributed by atoms with Gasteiger partial charge in [0.05, 0.1) is 11.5 Å². The number of fused-ring (bicyclic) bond motifs is 1. The van der Waals surface area contributed by atoms with Crippen LogP contribution in [0, 0.1) is 0 Å². The van der Waals surface area contributed by atoms with Gasteiger partial charge >= 0.3 is 0 Å². The molecule has 1 fully saturated rings. The Hall–Kier alpha value is -0.670. The fraction of sp³-hybridized carbons (Fsp3) is 0.562. The lowest BCUT2D eigenvalue weighted by Gasteiger charge is -2.37. The van der Waals surface area contributed by atoms with E-state index in [2.05, 4.69) is 17.4 Å². The van der Waals surface area contributed by atoms with Crippen LogP contribution in [-0.4, -0.2) is 23.1 Å². The van der Waals surface area contributed by atoms with Crippen molar-refractivity contribution in [2.45, 2.75) is 48.5 Å². The van der Waals surface area contributed by atoms with Crippen molar-refractivity contribution in [1.29, 1.82) is 0 Å². The molecule has 2 nitrogen and oxygen atoms in total. The summed E-state index contributed by atoms with van der Waals surface area (Å²) in [5, 5.41) is 3.28. The van der Waals surface area contributed by atoms with Gasteiger partial charge in [-0.3, -0.25) is 4.79 Å². The first kappa shape index (κ1) is 14.3. The summed E-state index contributed by atoms with van der Waals surface area (Å²) < 4.78 is 0. The van der Waals surface area contributed by atoms with Gasteiger partial charge in [0.15, 0.2) is 0 Å². The highest BCUT2D eigenvalue weighted by Gasteiger charge is 2.37. The molecule has 20 heavy (non-hydrogen) atoms. The Bertz CT molecular complexity index is 499. The summed E-state index contributed by atoms with van der Waals surface area (Å²) in [5.74, 6) is 1.52. The number of thioether (sulfide) groups is 1.